The van der Waals surface area contributed by atoms with E-state index in [2.05, 4.69) is 5.32 Å². The van der Waals surface area contributed by atoms with Crippen molar-refractivity contribution in [3.05, 3.63) is 48.0 Å². The number of anilines is 1. The lowest BCUT2D eigenvalue weighted by Gasteiger charge is -2.32. The van der Waals surface area contributed by atoms with E-state index in [0.717, 1.165) is 16.1 Å². The first-order chi connectivity index (χ1) is 17.5. The molecule has 1 unspecified atom stereocenters. The van der Waals surface area contributed by atoms with Crippen LogP contribution in [0.5, 0.6) is 17.2 Å². The number of hydrogen-bond acceptors (Lipinski definition) is 7. The molecule has 2 aromatic carbocycles. The SMILES string of the molecule is COc1ccc(CN(C(=O)CN(c2ccc3c(c2)OCCO3)S(C)(=O)=O)C(C)C(=O)NCC(C)C)cc1. The van der Waals surface area contributed by atoms with E-state index in [4.69, 9.17) is 14.2 Å². The van der Waals surface area contributed by atoms with Gasteiger partial charge in [-0.3, -0.25) is 13.9 Å². The van der Waals surface area contributed by atoms with Gasteiger partial charge >= 0.3 is 0 Å². The predicted molar refractivity (Wildman–Crippen MR) is 140 cm³/mol. The lowest BCUT2D eigenvalue weighted by molar-refractivity contribution is -0.139. The fourth-order valence-corrected chi connectivity index (χ4v) is 4.61. The molecule has 0 fully saturated rings. The third kappa shape index (κ3) is 7.51. The number of nitrogens with zero attached hydrogens (tertiary/aromatic N) is 2. The van der Waals surface area contributed by atoms with Crippen LogP contribution >= 0.6 is 0 Å². The van der Waals surface area contributed by atoms with E-state index in [1.54, 1.807) is 50.4 Å². The molecule has 0 saturated carbocycles. The van der Waals surface area contributed by atoms with Crippen LogP contribution < -0.4 is 23.8 Å². The number of fused-ring (bicyclic) bond motifs is 1. The Balaban J connectivity index is 1.89. The highest BCUT2D eigenvalue weighted by atomic mass is 32.2. The molecule has 0 aliphatic carbocycles. The van der Waals surface area contributed by atoms with Crippen LogP contribution in [0, 0.1) is 5.92 Å². The Morgan fingerprint density at radius 1 is 1.03 bits per heavy atom. The van der Waals surface area contributed by atoms with Crippen LogP contribution in [-0.2, 0) is 26.2 Å². The van der Waals surface area contributed by atoms with Crippen LogP contribution in [0.25, 0.3) is 0 Å². The predicted octanol–water partition coefficient (Wildman–Crippen LogP) is 2.42. The maximum absolute atomic E-state index is 13.6. The second kappa shape index (κ2) is 12.2. The Labute approximate surface area is 218 Å². The molecule has 37 heavy (non-hydrogen) atoms. The zero-order valence-corrected chi connectivity index (χ0v) is 22.7. The van der Waals surface area contributed by atoms with Crippen molar-refractivity contribution in [2.45, 2.75) is 33.4 Å². The Morgan fingerprint density at radius 3 is 2.27 bits per heavy atom. The molecule has 11 heteroatoms. The molecule has 2 amide bonds. The minimum Gasteiger partial charge on any atom is -0.497 e. The van der Waals surface area contributed by atoms with Crippen molar-refractivity contribution in [2.75, 3.05) is 44.0 Å². The largest absolute Gasteiger partial charge is 0.497 e. The van der Waals surface area contributed by atoms with Gasteiger partial charge in [-0.1, -0.05) is 26.0 Å². The fraction of sp³-hybridized carbons (Fsp3) is 0.462. The number of ether oxygens (including phenoxy) is 3. The number of carbonyl (C=O) groups is 2. The molecular formula is C26H35N3O7S. The summed E-state index contributed by atoms with van der Waals surface area (Å²) in [7, 11) is -2.29. The number of methoxy groups -OCH3 is 1. The van der Waals surface area contributed by atoms with Gasteiger partial charge in [-0.25, -0.2) is 8.42 Å². The van der Waals surface area contributed by atoms with Gasteiger partial charge in [-0.15, -0.1) is 0 Å². The van der Waals surface area contributed by atoms with Crippen LogP contribution in [0.15, 0.2) is 42.5 Å². The van der Waals surface area contributed by atoms with Crippen molar-refractivity contribution in [3.8, 4) is 17.2 Å². The Morgan fingerprint density at radius 2 is 1.68 bits per heavy atom. The highest BCUT2D eigenvalue weighted by molar-refractivity contribution is 7.92. The summed E-state index contributed by atoms with van der Waals surface area (Å²) < 4.78 is 42.8. The molecule has 1 aliphatic heterocycles. The van der Waals surface area contributed by atoms with Crippen LogP contribution in [0.4, 0.5) is 5.69 Å². The number of hydrogen-bond donors (Lipinski definition) is 1. The second-order valence-corrected chi connectivity index (χ2v) is 11.2. The molecular weight excluding hydrogens is 498 g/mol. The monoisotopic (exact) mass is 533 g/mol. The van der Waals surface area contributed by atoms with Gasteiger partial charge in [-0.2, -0.15) is 0 Å². The third-order valence-electron chi connectivity index (χ3n) is 5.86. The summed E-state index contributed by atoms with van der Waals surface area (Å²) >= 11 is 0. The van der Waals surface area contributed by atoms with E-state index in [0.29, 0.717) is 37.0 Å². The van der Waals surface area contributed by atoms with Crippen molar-refractivity contribution in [2.24, 2.45) is 5.92 Å². The van der Waals surface area contributed by atoms with Crippen molar-refractivity contribution in [1.29, 1.82) is 0 Å². The molecule has 0 spiro atoms. The molecule has 1 aliphatic rings. The Hall–Kier alpha value is -3.47. The summed E-state index contributed by atoms with van der Waals surface area (Å²) in [6.45, 7) is 6.40. The van der Waals surface area contributed by atoms with Gasteiger partial charge in [0.1, 0.15) is 31.5 Å². The van der Waals surface area contributed by atoms with Crippen LogP contribution in [0.2, 0.25) is 0 Å². The van der Waals surface area contributed by atoms with Gasteiger partial charge in [-0.05, 0) is 42.7 Å². The maximum atomic E-state index is 13.6. The van der Waals surface area contributed by atoms with E-state index in [1.165, 1.54) is 11.0 Å². The quantitative estimate of drug-likeness (QED) is 0.472. The van der Waals surface area contributed by atoms with Crippen molar-refractivity contribution in [3.63, 3.8) is 0 Å². The number of rotatable bonds is 11. The first-order valence-corrected chi connectivity index (χ1v) is 13.9. The molecule has 202 valence electrons. The summed E-state index contributed by atoms with van der Waals surface area (Å²) in [5.74, 6) is 0.959. The van der Waals surface area contributed by atoms with Gasteiger partial charge in [0.15, 0.2) is 11.5 Å². The lowest BCUT2D eigenvalue weighted by atomic mass is 10.1. The van der Waals surface area contributed by atoms with Crippen LogP contribution in [-0.4, -0.2) is 70.8 Å². The summed E-state index contributed by atoms with van der Waals surface area (Å²) in [4.78, 5) is 27.9. The summed E-state index contributed by atoms with van der Waals surface area (Å²) in [5.41, 5.74) is 1.03. The molecule has 0 saturated heterocycles. The van der Waals surface area contributed by atoms with Crippen LogP contribution in [0.1, 0.15) is 26.3 Å². The molecule has 1 N–H and O–H groups in total. The zero-order chi connectivity index (χ0) is 27.2. The highest BCUT2D eigenvalue weighted by Crippen LogP contribution is 2.34. The summed E-state index contributed by atoms with van der Waals surface area (Å²) in [5, 5.41) is 2.86. The summed E-state index contributed by atoms with van der Waals surface area (Å²) in [6, 6.07) is 11.0. The molecule has 2 aromatic rings. The summed E-state index contributed by atoms with van der Waals surface area (Å²) in [6.07, 6.45) is 1.03. The minimum atomic E-state index is -3.85. The second-order valence-electron chi connectivity index (χ2n) is 9.28. The van der Waals surface area contributed by atoms with Crippen molar-refractivity contribution < 1.29 is 32.2 Å². The zero-order valence-electron chi connectivity index (χ0n) is 21.9. The van der Waals surface area contributed by atoms with E-state index < -0.39 is 28.5 Å². The van der Waals surface area contributed by atoms with E-state index in [1.807, 2.05) is 13.8 Å². The molecule has 0 aromatic heterocycles. The number of nitrogens with one attached hydrogen (secondary N) is 1. The highest BCUT2D eigenvalue weighted by Gasteiger charge is 2.30. The van der Waals surface area contributed by atoms with Gasteiger partial charge in [0.25, 0.3) is 0 Å². The van der Waals surface area contributed by atoms with E-state index >= 15 is 0 Å². The maximum Gasteiger partial charge on any atom is 0.244 e. The normalized spacial score (nSPS) is 13.6. The molecule has 1 heterocycles. The number of amides is 2. The standard InChI is InChI=1S/C26H35N3O7S/c1-18(2)15-27-26(31)19(3)28(16-20-6-9-22(34-4)10-7-20)25(30)17-29(37(5,32)33)21-8-11-23-24(14-21)36-13-12-35-23/h6-11,14,18-19H,12-13,15-17H2,1-5H3,(H,27,31). The third-order valence-corrected chi connectivity index (χ3v) is 7.00. The van der Waals surface area contributed by atoms with Gasteiger partial charge < -0.3 is 24.4 Å². The van der Waals surface area contributed by atoms with Gasteiger partial charge in [0.05, 0.1) is 19.1 Å². The molecule has 1 atom stereocenters. The molecule has 3 rings (SSSR count). The Bertz CT molecular complexity index is 1200. The number of carbonyl (C=O) groups excluding carboxylic acids is 2. The average molecular weight is 534 g/mol. The smallest absolute Gasteiger partial charge is 0.244 e. The number of sulfonamides is 1. The molecule has 10 nitrogen and oxygen atoms in total. The Kier molecular flexibility index (Phi) is 9.25. The molecule has 0 bridgehead atoms. The first-order valence-electron chi connectivity index (χ1n) is 12.1. The molecule has 0 radical (unpaired) electrons. The van der Waals surface area contributed by atoms with Crippen molar-refractivity contribution in [1.82, 2.24) is 10.2 Å². The fourth-order valence-electron chi connectivity index (χ4n) is 3.76. The minimum absolute atomic E-state index is 0.109. The van der Waals surface area contributed by atoms with E-state index in [9.17, 15) is 18.0 Å². The van der Waals surface area contributed by atoms with Gasteiger partial charge in [0, 0.05) is 19.2 Å². The van der Waals surface area contributed by atoms with Crippen LogP contribution in [0.3, 0.4) is 0 Å². The number of benzene rings is 2. The topological polar surface area (TPSA) is 114 Å². The first kappa shape index (κ1) is 28.1. The van der Waals surface area contributed by atoms with Crippen molar-refractivity contribution >= 4 is 27.5 Å². The van der Waals surface area contributed by atoms with E-state index in [-0.39, 0.29) is 24.1 Å². The lowest BCUT2D eigenvalue weighted by Crippen LogP contribution is -2.51. The van der Waals surface area contributed by atoms with Gasteiger partial charge in [0.2, 0.25) is 21.8 Å². The average Bonchev–Trinajstić information content (AvgIpc) is 2.87.